The van der Waals surface area contributed by atoms with Gasteiger partial charge in [-0.1, -0.05) is 0 Å². The summed E-state index contributed by atoms with van der Waals surface area (Å²) in [4.78, 5) is 11.7. The first-order valence-corrected chi connectivity index (χ1v) is 7.03. The van der Waals surface area contributed by atoms with Crippen LogP contribution in [0.1, 0.15) is 5.56 Å². The first kappa shape index (κ1) is 16.2. The van der Waals surface area contributed by atoms with Crippen LogP contribution >= 0.6 is 0 Å². The number of carbonyl (C=O) groups excluding carboxylic acids is 1. The second kappa shape index (κ2) is 8.29. The van der Waals surface area contributed by atoms with Crippen molar-refractivity contribution >= 4 is 11.7 Å². The summed E-state index contributed by atoms with van der Waals surface area (Å²) in [6.45, 7) is 0.723. The maximum absolute atomic E-state index is 11.7. The molecule has 2 aromatic rings. The number of anilines is 1. The van der Waals surface area contributed by atoms with Crippen LogP contribution in [0.15, 0.2) is 48.5 Å². The molecule has 0 fully saturated rings. The van der Waals surface area contributed by atoms with Gasteiger partial charge in [-0.25, -0.2) is 4.79 Å². The Morgan fingerprint density at radius 1 is 1.09 bits per heavy atom. The van der Waals surface area contributed by atoms with Gasteiger partial charge in [-0.05, 0) is 48.5 Å². The van der Waals surface area contributed by atoms with Crippen LogP contribution in [0.3, 0.4) is 0 Å². The van der Waals surface area contributed by atoms with Gasteiger partial charge in [0, 0.05) is 5.69 Å². The standard InChI is InChI=1S/C17H17N3O3/c1-22-15-6-8-16(9-7-15)23-11-10-19-17(21)20-14-4-2-13(12-18)3-5-14/h2-9H,10-11H2,1H3,(H2,19,20,21). The van der Waals surface area contributed by atoms with Crippen LogP contribution in [-0.2, 0) is 0 Å². The lowest BCUT2D eigenvalue weighted by molar-refractivity contribution is 0.247. The van der Waals surface area contributed by atoms with Gasteiger partial charge in [0.05, 0.1) is 25.3 Å². The van der Waals surface area contributed by atoms with Crippen LogP contribution in [0.25, 0.3) is 0 Å². The van der Waals surface area contributed by atoms with E-state index in [9.17, 15) is 4.79 Å². The minimum atomic E-state index is -0.326. The molecule has 0 aliphatic carbocycles. The van der Waals surface area contributed by atoms with E-state index in [4.69, 9.17) is 14.7 Å². The van der Waals surface area contributed by atoms with E-state index in [1.165, 1.54) is 0 Å². The Balaban J connectivity index is 1.68. The van der Waals surface area contributed by atoms with Crippen LogP contribution in [-0.4, -0.2) is 26.3 Å². The number of hydrogen-bond donors (Lipinski definition) is 2. The van der Waals surface area contributed by atoms with Crippen LogP contribution in [0.2, 0.25) is 0 Å². The summed E-state index contributed by atoms with van der Waals surface area (Å²) in [6.07, 6.45) is 0. The summed E-state index contributed by atoms with van der Waals surface area (Å²) in [5, 5.41) is 14.1. The third kappa shape index (κ3) is 5.25. The third-order valence-electron chi connectivity index (χ3n) is 2.99. The van der Waals surface area contributed by atoms with Crippen LogP contribution in [0.4, 0.5) is 10.5 Å². The largest absolute Gasteiger partial charge is 0.497 e. The molecule has 0 saturated carbocycles. The van der Waals surface area contributed by atoms with E-state index in [0.29, 0.717) is 30.2 Å². The van der Waals surface area contributed by atoms with Gasteiger partial charge in [-0.3, -0.25) is 0 Å². The molecule has 0 bridgehead atoms. The number of nitrogens with zero attached hydrogens (tertiary/aromatic N) is 1. The fourth-order valence-electron chi connectivity index (χ4n) is 1.81. The van der Waals surface area contributed by atoms with Crippen LogP contribution < -0.4 is 20.1 Å². The monoisotopic (exact) mass is 311 g/mol. The summed E-state index contributed by atoms with van der Waals surface area (Å²) in [5.41, 5.74) is 1.17. The first-order valence-electron chi connectivity index (χ1n) is 7.03. The Morgan fingerprint density at radius 2 is 1.74 bits per heavy atom. The molecule has 118 valence electrons. The minimum absolute atomic E-state index is 0.326. The average Bonchev–Trinajstić information content (AvgIpc) is 2.60. The number of benzene rings is 2. The predicted molar refractivity (Wildman–Crippen MR) is 86.7 cm³/mol. The van der Waals surface area contributed by atoms with Gasteiger partial charge in [0.1, 0.15) is 18.1 Å². The molecule has 2 N–H and O–H groups in total. The van der Waals surface area contributed by atoms with Crippen molar-refractivity contribution in [3.63, 3.8) is 0 Å². The van der Waals surface area contributed by atoms with Crippen molar-refractivity contribution in [1.82, 2.24) is 5.32 Å². The minimum Gasteiger partial charge on any atom is -0.497 e. The molecule has 0 radical (unpaired) electrons. The summed E-state index contributed by atoms with van der Waals surface area (Å²) < 4.78 is 10.6. The number of carbonyl (C=O) groups is 1. The van der Waals surface area contributed by atoms with Gasteiger partial charge in [-0.15, -0.1) is 0 Å². The fourth-order valence-corrected chi connectivity index (χ4v) is 1.81. The zero-order valence-corrected chi connectivity index (χ0v) is 12.7. The van der Waals surface area contributed by atoms with Crippen molar-refractivity contribution in [3.05, 3.63) is 54.1 Å². The maximum Gasteiger partial charge on any atom is 0.319 e. The molecule has 6 nitrogen and oxygen atoms in total. The highest BCUT2D eigenvalue weighted by Gasteiger charge is 2.01. The highest BCUT2D eigenvalue weighted by Crippen LogP contribution is 2.16. The summed E-state index contributed by atoms with van der Waals surface area (Å²) in [7, 11) is 1.60. The third-order valence-corrected chi connectivity index (χ3v) is 2.99. The Bertz CT molecular complexity index is 676. The van der Waals surface area contributed by atoms with E-state index < -0.39 is 0 Å². The van der Waals surface area contributed by atoms with Gasteiger partial charge >= 0.3 is 6.03 Å². The zero-order valence-electron chi connectivity index (χ0n) is 12.7. The number of methoxy groups -OCH3 is 1. The summed E-state index contributed by atoms with van der Waals surface area (Å²) in [5.74, 6) is 1.47. The normalized spacial score (nSPS) is 9.57. The number of ether oxygens (including phenoxy) is 2. The predicted octanol–water partition coefficient (Wildman–Crippen LogP) is 2.77. The van der Waals surface area contributed by atoms with Crippen molar-refractivity contribution in [2.45, 2.75) is 0 Å². The van der Waals surface area contributed by atoms with E-state index in [-0.39, 0.29) is 6.03 Å². The first-order chi connectivity index (χ1) is 11.2. The van der Waals surface area contributed by atoms with E-state index in [2.05, 4.69) is 10.6 Å². The molecule has 0 aliphatic rings. The Morgan fingerprint density at radius 3 is 2.35 bits per heavy atom. The SMILES string of the molecule is COc1ccc(OCCNC(=O)Nc2ccc(C#N)cc2)cc1. The lowest BCUT2D eigenvalue weighted by atomic mass is 10.2. The summed E-state index contributed by atoms with van der Waals surface area (Å²) in [6, 6.07) is 15.5. The van der Waals surface area contributed by atoms with Crippen molar-refractivity contribution in [2.75, 3.05) is 25.6 Å². The molecule has 0 unspecified atom stereocenters. The topological polar surface area (TPSA) is 83.4 Å². The lowest BCUT2D eigenvalue weighted by Gasteiger charge is -2.09. The molecule has 0 aromatic heterocycles. The molecule has 0 heterocycles. The van der Waals surface area contributed by atoms with Crippen molar-refractivity contribution in [1.29, 1.82) is 5.26 Å². The van der Waals surface area contributed by atoms with Crippen molar-refractivity contribution in [3.8, 4) is 17.6 Å². The van der Waals surface area contributed by atoms with Gasteiger partial charge < -0.3 is 20.1 Å². The molecule has 23 heavy (non-hydrogen) atoms. The van der Waals surface area contributed by atoms with Gasteiger partial charge in [-0.2, -0.15) is 5.26 Å². The highest BCUT2D eigenvalue weighted by atomic mass is 16.5. The number of rotatable bonds is 6. The second-order valence-electron chi connectivity index (χ2n) is 4.59. The average molecular weight is 311 g/mol. The Kier molecular flexibility index (Phi) is 5.83. The van der Waals surface area contributed by atoms with Crippen molar-refractivity contribution in [2.24, 2.45) is 0 Å². The quantitative estimate of drug-likeness (QED) is 0.804. The number of urea groups is 1. The van der Waals surface area contributed by atoms with Crippen LogP contribution in [0, 0.1) is 11.3 Å². The fraction of sp³-hybridized carbons (Fsp3) is 0.176. The van der Waals surface area contributed by atoms with E-state index in [1.807, 2.05) is 6.07 Å². The number of hydrogen-bond acceptors (Lipinski definition) is 4. The molecule has 0 atom stereocenters. The zero-order chi connectivity index (χ0) is 16.5. The number of amides is 2. The lowest BCUT2D eigenvalue weighted by Crippen LogP contribution is -2.32. The van der Waals surface area contributed by atoms with Gasteiger partial charge in [0.15, 0.2) is 0 Å². The molecule has 6 heteroatoms. The molecule has 0 spiro atoms. The Labute approximate surface area is 134 Å². The van der Waals surface area contributed by atoms with Crippen molar-refractivity contribution < 1.29 is 14.3 Å². The smallest absolute Gasteiger partial charge is 0.319 e. The van der Waals surface area contributed by atoms with Crippen LogP contribution in [0.5, 0.6) is 11.5 Å². The van der Waals surface area contributed by atoms with E-state index in [0.717, 1.165) is 5.75 Å². The van der Waals surface area contributed by atoms with E-state index in [1.54, 1.807) is 55.6 Å². The maximum atomic E-state index is 11.7. The second-order valence-corrected chi connectivity index (χ2v) is 4.59. The summed E-state index contributed by atoms with van der Waals surface area (Å²) >= 11 is 0. The molecule has 2 rings (SSSR count). The molecular weight excluding hydrogens is 294 g/mol. The molecular formula is C17H17N3O3. The Hall–Kier alpha value is -3.20. The number of nitrogens with one attached hydrogen (secondary N) is 2. The van der Waals surface area contributed by atoms with Gasteiger partial charge in [0.25, 0.3) is 0 Å². The van der Waals surface area contributed by atoms with E-state index >= 15 is 0 Å². The molecule has 0 aliphatic heterocycles. The highest BCUT2D eigenvalue weighted by molar-refractivity contribution is 5.89. The molecule has 0 saturated heterocycles. The molecule has 2 aromatic carbocycles. The number of nitriles is 1. The van der Waals surface area contributed by atoms with Gasteiger partial charge in [0.2, 0.25) is 0 Å². The molecule has 2 amide bonds.